The van der Waals surface area contributed by atoms with Crippen LogP contribution in [-0.4, -0.2) is 95.9 Å². The average Bonchev–Trinajstić information content (AvgIpc) is 3.05. The molecule has 3 rings (SSSR count). The molecule has 13 nitrogen and oxygen atoms in total. The minimum atomic E-state index is -1.44. The smallest absolute Gasteiger partial charge is 0.156 e. The Hall–Kier alpha value is -4.13. The van der Waals surface area contributed by atoms with Gasteiger partial charge < -0.3 is 35.1 Å². The first kappa shape index (κ1) is 37.3. The maximum Gasteiger partial charge on any atom is 0.156 e. The number of benzene rings is 2. The van der Waals surface area contributed by atoms with Crippen LogP contribution in [0, 0.1) is 18.3 Å². The number of β-amino-alcohol motifs (C(OH)–C–C–N with tert-alkyl or cyclic N) is 1. The van der Waals surface area contributed by atoms with E-state index in [1.165, 1.54) is 14.2 Å². The number of methoxy groups -OCH3 is 2. The largest absolute Gasteiger partial charge is 0.495 e. The Morgan fingerprint density at radius 1 is 1.00 bits per heavy atom. The number of anilines is 3. The van der Waals surface area contributed by atoms with E-state index < -0.39 is 10.8 Å². The average molecular weight is 668 g/mol. The summed E-state index contributed by atoms with van der Waals surface area (Å²) < 4.78 is 30.1. The van der Waals surface area contributed by atoms with Crippen molar-refractivity contribution in [3.63, 3.8) is 0 Å². The van der Waals surface area contributed by atoms with Crippen LogP contribution in [0.2, 0.25) is 0 Å². The molecule has 1 unspecified atom stereocenters. The molecule has 0 radical (unpaired) electrons. The van der Waals surface area contributed by atoms with E-state index in [-0.39, 0.29) is 25.4 Å². The summed E-state index contributed by atoms with van der Waals surface area (Å²) in [5.74, 6) is 1.73. The number of rotatable bonds is 18. The number of hydrogen-bond donors (Lipinski definition) is 4. The summed E-state index contributed by atoms with van der Waals surface area (Å²) in [7, 11) is 1.53. The van der Waals surface area contributed by atoms with Crippen LogP contribution in [0.3, 0.4) is 0 Å². The van der Waals surface area contributed by atoms with E-state index in [1.807, 2.05) is 51.1 Å². The summed E-state index contributed by atoms with van der Waals surface area (Å²) in [5, 5.41) is 44.0. The summed E-state index contributed by atoms with van der Waals surface area (Å²) >= 11 is 0. The second-order valence-corrected chi connectivity index (χ2v) is 12.9. The van der Waals surface area contributed by atoms with Crippen molar-refractivity contribution in [2.24, 2.45) is 10.2 Å². The predicted molar refractivity (Wildman–Crippen MR) is 183 cm³/mol. The molecule has 0 aliphatic rings. The maximum atomic E-state index is 13.5. The zero-order valence-corrected chi connectivity index (χ0v) is 28.7. The zero-order valence-electron chi connectivity index (χ0n) is 27.9. The first-order chi connectivity index (χ1) is 22.6. The van der Waals surface area contributed by atoms with Gasteiger partial charge in [0.15, 0.2) is 11.6 Å². The van der Waals surface area contributed by atoms with Crippen LogP contribution in [0.5, 0.6) is 11.5 Å². The highest BCUT2D eigenvalue weighted by atomic mass is 32.2. The molecule has 0 fully saturated rings. The molecule has 2 aromatic carbocycles. The van der Waals surface area contributed by atoms with Crippen molar-refractivity contribution < 1.29 is 28.6 Å². The molecule has 14 heteroatoms. The SMILES string of the molecule is COc1cc(S(=O)CCN(CCO)C(C)(C)C)c(OC)cc1N=Nc1c(NCCOCCO)nc(Nc2ccccc2)c(C#N)c1C. The third kappa shape index (κ3) is 10.4. The number of hydrogen-bond acceptors (Lipinski definition) is 13. The van der Waals surface area contributed by atoms with Gasteiger partial charge in [0.1, 0.15) is 28.9 Å². The number of aliphatic hydroxyl groups excluding tert-OH is 2. The van der Waals surface area contributed by atoms with Gasteiger partial charge in [-0.1, -0.05) is 18.2 Å². The predicted octanol–water partition coefficient (Wildman–Crippen LogP) is 5.06. The zero-order chi connectivity index (χ0) is 34.4. The van der Waals surface area contributed by atoms with Crippen LogP contribution in [0.4, 0.5) is 28.7 Å². The number of azo groups is 1. The Labute approximate surface area is 279 Å². The second-order valence-electron chi connectivity index (χ2n) is 11.3. The fraction of sp³-hybridized carbons (Fsp3) is 0.455. The van der Waals surface area contributed by atoms with Crippen molar-refractivity contribution in [2.75, 3.05) is 76.7 Å². The number of para-hydroxylation sites is 1. The molecule has 1 aromatic heterocycles. The van der Waals surface area contributed by atoms with Crippen molar-refractivity contribution >= 4 is 39.5 Å². The fourth-order valence-electron chi connectivity index (χ4n) is 4.65. The summed E-state index contributed by atoms with van der Waals surface area (Å²) in [4.78, 5) is 7.22. The number of nitrogens with zero attached hydrogens (tertiary/aromatic N) is 5. The molecular weight excluding hydrogens is 622 g/mol. The van der Waals surface area contributed by atoms with Crippen LogP contribution in [0.1, 0.15) is 31.9 Å². The van der Waals surface area contributed by atoms with E-state index in [1.54, 1.807) is 19.1 Å². The normalized spacial score (nSPS) is 12.3. The van der Waals surface area contributed by atoms with Gasteiger partial charge in [-0.15, -0.1) is 10.2 Å². The molecule has 0 saturated carbocycles. The van der Waals surface area contributed by atoms with E-state index in [0.717, 1.165) is 5.69 Å². The van der Waals surface area contributed by atoms with Crippen LogP contribution < -0.4 is 20.1 Å². The summed E-state index contributed by atoms with van der Waals surface area (Å²) in [6, 6.07) is 14.9. The number of ether oxygens (including phenoxy) is 3. The van der Waals surface area contributed by atoms with Gasteiger partial charge >= 0.3 is 0 Å². The summed E-state index contributed by atoms with van der Waals surface area (Å²) in [5.41, 5.74) is 2.05. The lowest BCUT2D eigenvalue weighted by molar-refractivity contribution is 0.0992. The van der Waals surface area contributed by atoms with Gasteiger partial charge in [0, 0.05) is 54.3 Å². The Morgan fingerprint density at radius 3 is 2.34 bits per heavy atom. The number of pyridine rings is 1. The Kier molecular flexibility index (Phi) is 14.5. The molecule has 0 amide bonds. The van der Waals surface area contributed by atoms with Crippen LogP contribution in [0.15, 0.2) is 57.6 Å². The molecule has 0 bridgehead atoms. The standard InChI is InChI=1S/C33H45N7O6S/c1-23-25(22-34)31(36-24-10-8-7-9-11-24)37-32(35-12-17-46-18-16-42)30(23)39-38-26-20-28(45-6)29(21-27(26)44-5)47(43)19-14-40(13-15-41)33(2,3)4/h7-11,20-21,41-42H,12-19H2,1-6H3,(H2,35,36,37). The van der Waals surface area contributed by atoms with E-state index in [4.69, 9.17) is 19.3 Å². The Bertz CT molecular complexity index is 1560. The van der Waals surface area contributed by atoms with Gasteiger partial charge in [-0.2, -0.15) is 5.26 Å². The Balaban J connectivity index is 1.99. The molecule has 254 valence electrons. The van der Waals surface area contributed by atoms with E-state index >= 15 is 0 Å². The lowest BCUT2D eigenvalue weighted by Gasteiger charge is -2.35. The van der Waals surface area contributed by atoms with E-state index in [2.05, 4.69) is 36.8 Å². The molecule has 1 atom stereocenters. The van der Waals surface area contributed by atoms with Crippen LogP contribution in [-0.2, 0) is 15.5 Å². The molecule has 47 heavy (non-hydrogen) atoms. The highest BCUT2D eigenvalue weighted by Gasteiger charge is 2.23. The van der Waals surface area contributed by atoms with Gasteiger partial charge in [0.2, 0.25) is 0 Å². The fourth-order valence-corrected chi connectivity index (χ4v) is 5.86. The third-order valence-corrected chi connectivity index (χ3v) is 8.53. The molecular formula is C33H45N7O6S. The lowest BCUT2D eigenvalue weighted by Crippen LogP contribution is -2.45. The number of aromatic nitrogens is 1. The van der Waals surface area contributed by atoms with Gasteiger partial charge in [-0.05, 0) is 39.8 Å². The highest BCUT2D eigenvalue weighted by Crippen LogP contribution is 2.40. The first-order valence-electron chi connectivity index (χ1n) is 15.2. The summed E-state index contributed by atoms with van der Waals surface area (Å²) in [6.45, 7) is 9.66. The molecule has 0 aliphatic heterocycles. The maximum absolute atomic E-state index is 13.5. The van der Waals surface area contributed by atoms with Crippen molar-refractivity contribution in [3.05, 3.63) is 53.6 Å². The van der Waals surface area contributed by atoms with Gasteiger partial charge in [-0.3, -0.25) is 9.11 Å². The van der Waals surface area contributed by atoms with E-state index in [0.29, 0.717) is 82.5 Å². The monoisotopic (exact) mass is 667 g/mol. The molecule has 4 N–H and O–H groups in total. The Morgan fingerprint density at radius 2 is 1.72 bits per heavy atom. The van der Waals surface area contributed by atoms with Crippen molar-refractivity contribution in [3.8, 4) is 17.6 Å². The van der Waals surface area contributed by atoms with Gasteiger partial charge in [-0.25, -0.2) is 4.98 Å². The minimum Gasteiger partial charge on any atom is -0.495 e. The number of nitriles is 1. The quantitative estimate of drug-likeness (QED) is 0.105. The van der Waals surface area contributed by atoms with Crippen molar-refractivity contribution in [1.82, 2.24) is 9.88 Å². The van der Waals surface area contributed by atoms with Crippen molar-refractivity contribution in [2.45, 2.75) is 38.1 Å². The topological polar surface area (TPSA) is 174 Å². The molecule has 0 saturated heterocycles. The number of aliphatic hydroxyl groups is 2. The highest BCUT2D eigenvalue weighted by molar-refractivity contribution is 7.85. The van der Waals surface area contributed by atoms with E-state index in [9.17, 15) is 14.6 Å². The van der Waals surface area contributed by atoms with Gasteiger partial charge in [0.25, 0.3) is 0 Å². The summed E-state index contributed by atoms with van der Waals surface area (Å²) in [6.07, 6.45) is 0. The van der Waals surface area contributed by atoms with Crippen molar-refractivity contribution in [1.29, 1.82) is 5.26 Å². The lowest BCUT2D eigenvalue weighted by atomic mass is 10.1. The molecule has 1 heterocycles. The minimum absolute atomic E-state index is 0.00654. The third-order valence-electron chi connectivity index (χ3n) is 7.17. The second kappa shape index (κ2) is 18.3. The molecule has 0 spiro atoms. The van der Waals surface area contributed by atoms with Crippen LogP contribution in [0.25, 0.3) is 0 Å². The number of nitrogens with one attached hydrogen (secondary N) is 2. The first-order valence-corrected chi connectivity index (χ1v) is 16.5. The van der Waals surface area contributed by atoms with Gasteiger partial charge in [0.05, 0.1) is 61.9 Å². The van der Waals surface area contributed by atoms with Crippen LogP contribution >= 0.6 is 0 Å². The molecule has 0 aliphatic carbocycles. The molecule has 3 aromatic rings.